The molecular formula is C31H50N2O3. The summed E-state index contributed by atoms with van der Waals surface area (Å²) in [6.07, 6.45) is 14.5. The van der Waals surface area contributed by atoms with Crippen molar-refractivity contribution in [2.24, 2.45) is 40.4 Å². The number of hydrogen-bond acceptors (Lipinski definition) is 3. The fourth-order valence-electron chi connectivity index (χ4n) is 9.87. The Kier molecular flexibility index (Phi) is 7.11. The average molecular weight is 499 g/mol. The molecule has 5 heteroatoms. The topological polar surface area (TPSA) is 60.9 Å². The lowest BCUT2D eigenvalue weighted by molar-refractivity contribution is -0.133. The molecule has 4 aliphatic carbocycles. The van der Waals surface area contributed by atoms with Gasteiger partial charge in [0.2, 0.25) is 11.8 Å². The first-order chi connectivity index (χ1) is 17.0. The van der Waals surface area contributed by atoms with Gasteiger partial charge in [-0.15, -0.1) is 0 Å². The summed E-state index contributed by atoms with van der Waals surface area (Å²) in [6, 6.07) is 0.174. The molecular weight excluding hydrogens is 448 g/mol. The summed E-state index contributed by atoms with van der Waals surface area (Å²) in [7, 11) is 1.86. The zero-order chi connectivity index (χ0) is 25.8. The molecule has 202 valence electrons. The third-order valence-corrected chi connectivity index (χ3v) is 12.2. The second-order valence-corrected chi connectivity index (χ2v) is 13.8. The highest BCUT2D eigenvalue weighted by Gasteiger charge is 2.59. The number of allylic oxidation sites excluding steroid dienone is 1. The van der Waals surface area contributed by atoms with Crippen LogP contribution in [-0.2, 0) is 9.59 Å². The number of aliphatic hydroxyl groups is 1. The van der Waals surface area contributed by atoms with Gasteiger partial charge in [0.1, 0.15) is 0 Å². The van der Waals surface area contributed by atoms with Crippen molar-refractivity contribution in [2.45, 2.75) is 110 Å². The molecule has 1 heterocycles. The maximum atomic E-state index is 13.0. The van der Waals surface area contributed by atoms with Crippen LogP contribution in [0.2, 0.25) is 0 Å². The van der Waals surface area contributed by atoms with Gasteiger partial charge in [-0.3, -0.25) is 9.59 Å². The number of rotatable bonds is 5. The molecule has 3 saturated carbocycles. The Morgan fingerprint density at radius 1 is 1.14 bits per heavy atom. The van der Waals surface area contributed by atoms with Crippen molar-refractivity contribution in [3.8, 4) is 0 Å². The highest BCUT2D eigenvalue weighted by atomic mass is 16.3. The first kappa shape index (κ1) is 26.3. The molecule has 4 fully saturated rings. The fraction of sp³-hybridized carbons (Fsp3) is 0.871. The van der Waals surface area contributed by atoms with Crippen LogP contribution < -0.4 is 0 Å². The third kappa shape index (κ3) is 4.35. The van der Waals surface area contributed by atoms with Crippen molar-refractivity contribution >= 4 is 11.8 Å². The Bertz CT molecular complexity index is 900. The molecule has 0 aromatic heterocycles. The van der Waals surface area contributed by atoms with Gasteiger partial charge in [-0.2, -0.15) is 0 Å². The van der Waals surface area contributed by atoms with Crippen molar-refractivity contribution in [1.82, 2.24) is 9.80 Å². The monoisotopic (exact) mass is 498 g/mol. The lowest BCUT2D eigenvalue weighted by Crippen LogP contribution is -2.50. The largest absolute Gasteiger partial charge is 0.393 e. The molecule has 1 saturated heterocycles. The highest BCUT2D eigenvalue weighted by molar-refractivity contribution is 5.77. The summed E-state index contributed by atoms with van der Waals surface area (Å²) in [5, 5.41) is 10.3. The first-order valence-corrected chi connectivity index (χ1v) is 14.9. The number of carbonyl (C=O) groups excluding carboxylic acids is 2. The summed E-state index contributed by atoms with van der Waals surface area (Å²) in [6.45, 7) is 10.6. The van der Waals surface area contributed by atoms with Crippen molar-refractivity contribution in [3.63, 3.8) is 0 Å². The molecule has 0 radical (unpaired) electrons. The van der Waals surface area contributed by atoms with Crippen molar-refractivity contribution in [1.29, 1.82) is 0 Å². The lowest BCUT2D eigenvalue weighted by Gasteiger charge is -2.58. The number of hydrogen-bond donors (Lipinski definition) is 1. The van der Waals surface area contributed by atoms with Crippen LogP contribution in [0, 0.1) is 40.4 Å². The van der Waals surface area contributed by atoms with E-state index in [-0.39, 0.29) is 24.0 Å². The number of likely N-dealkylation sites (N-methyl/N-ethyl adjacent to an activating group) is 1. The minimum atomic E-state index is -0.129. The predicted molar refractivity (Wildman–Crippen MR) is 143 cm³/mol. The van der Waals surface area contributed by atoms with Crippen LogP contribution in [0.15, 0.2) is 11.6 Å². The Balaban J connectivity index is 1.19. The second-order valence-electron chi connectivity index (χ2n) is 13.8. The van der Waals surface area contributed by atoms with E-state index in [2.05, 4.69) is 26.8 Å². The molecule has 5 aliphatic rings. The van der Waals surface area contributed by atoms with Crippen molar-refractivity contribution < 1.29 is 14.7 Å². The summed E-state index contributed by atoms with van der Waals surface area (Å²) >= 11 is 0. The van der Waals surface area contributed by atoms with Gasteiger partial charge in [-0.05, 0) is 105 Å². The zero-order valence-corrected chi connectivity index (χ0v) is 23.5. The maximum absolute atomic E-state index is 13.0. The van der Waals surface area contributed by atoms with Crippen LogP contribution in [0.4, 0.5) is 0 Å². The first-order valence-electron chi connectivity index (χ1n) is 14.9. The van der Waals surface area contributed by atoms with E-state index < -0.39 is 0 Å². The number of likely N-dealkylation sites (tertiary alicyclic amines) is 1. The molecule has 0 spiro atoms. The molecule has 9 atom stereocenters. The number of fused-ring (bicyclic) bond motifs is 5. The van der Waals surface area contributed by atoms with E-state index >= 15 is 0 Å². The average Bonchev–Trinajstić information content (AvgIpc) is 3.47. The van der Waals surface area contributed by atoms with E-state index in [1.54, 1.807) is 17.4 Å². The number of amides is 2. The fourth-order valence-corrected chi connectivity index (χ4v) is 9.87. The summed E-state index contributed by atoms with van der Waals surface area (Å²) in [5.74, 6) is 4.05. The minimum Gasteiger partial charge on any atom is -0.393 e. The summed E-state index contributed by atoms with van der Waals surface area (Å²) < 4.78 is 0. The number of carbonyl (C=O) groups is 2. The molecule has 5 nitrogen and oxygen atoms in total. The minimum absolute atomic E-state index is 0.0847. The Hall–Kier alpha value is -1.36. The second kappa shape index (κ2) is 9.75. The van der Waals surface area contributed by atoms with Gasteiger partial charge in [-0.1, -0.05) is 32.4 Å². The Morgan fingerprint density at radius 2 is 1.92 bits per heavy atom. The molecule has 1 aliphatic heterocycles. The van der Waals surface area contributed by atoms with E-state index in [0.29, 0.717) is 29.7 Å². The van der Waals surface area contributed by atoms with Gasteiger partial charge < -0.3 is 14.9 Å². The van der Waals surface area contributed by atoms with Gasteiger partial charge in [0.05, 0.1) is 12.1 Å². The molecule has 36 heavy (non-hydrogen) atoms. The van der Waals surface area contributed by atoms with Gasteiger partial charge in [0.15, 0.2) is 0 Å². The normalized spacial score (nSPS) is 42.7. The molecule has 0 aromatic rings. The molecule has 2 amide bonds. The predicted octanol–water partition coefficient (Wildman–Crippen LogP) is 5.42. The van der Waals surface area contributed by atoms with Gasteiger partial charge in [-0.25, -0.2) is 0 Å². The van der Waals surface area contributed by atoms with E-state index in [4.69, 9.17) is 0 Å². The van der Waals surface area contributed by atoms with Crippen molar-refractivity contribution in [2.75, 3.05) is 20.1 Å². The van der Waals surface area contributed by atoms with Gasteiger partial charge in [0.25, 0.3) is 0 Å². The van der Waals surface area contributed by atoms with Gasteiger partial charge >= 0.3 is 0 Å². The van der Waals surface area contributed by atoms with Crippen LogP contribution in [0.5, 0.6) is 0 Å². The highest BCUT2D eigenvalue weighted by Crippen LogP contribution is 2.67. The van der Waals surface area contributed by atoms with Crippen molar-refractivity contribution in [3.05, 3.63) is 11.6 Å². The van der Waals surface area contributed by atoms with E-state index in [1.165, 1.54) is 32.1 Å². The third-order valence-electron chi connectivity index (χ3n) is 12.2. The summed E-state index contributed by atoms with van der Waals surface area (Å²) in [5.41, 5.74) is 2.28. The smallest absolute Gasteiger partial charge is 0.222 e. The molecule has 1 N–H and O–H groups in total. The number of nitrogens with zero attached hydrogens (tertiary/aromatic N) is 2. The van der Waals surface area contributed by atoms with Crippen LogP contribution in [0.1, 0.15) is 98.3 Å². The SMILES string of the molecule is CC(=O)N(C)C1CCN(C(=O)CCC(C)[C@H]2CC[C@H]3[C@@H]4CC=C5C[C@@H](O)CC[C@]5(C)[C@H]4CC[C@]23C)C1. The van der Waals surface area contributed by atoms with Gasteiger partial charge in [0, 0.05) is 33.5 Å². The maximum Gasteiger partial charge on any atom is 0.222 e. The Morgan fingerprint density at radius 3 is 2.67 bits per heavy atom. The van der Waals surface area contributed by atoms with E-state index in [9.17, 15) is 14.7 Å². The standard InChI is InChI=1S/C31H50N2O3/c1-20(6-11-29(36)33-17-14-23(19-33)32(5)21(2)34)26-9-10-27-25-8-7-22-18-24(35)12-15-30(22,3)28(25)13-16-31(26,27)4/h7,20,23-28,35H,6,8-19H2,1-5H3/t20?,23?,24-,25-,26+,27-,28-,30-,31+/m0/s1. The van der Waals surface area contributed by atoms with Crippen LogP contribution in [0.3, 0.4) is 0 Å². The van der Waals surface area contributed by atoms with Crippen LogP contribution in [-0.4, -0.2) is 59.0 Å². The zero-order valence-electron chi connectivity index (χ0n) is 23.5. The molecule has 5 rings (SSSR count). The molecule has 0 aromatic carbocycles. The lowest BCUT2D eigenvalue weighted by atomic mass is 9.47. The molecule has 2 unspecified atom stereocenters. The van der Waals surface area contributed by atoms with Crippen LogP contribution in [0.25, 0.3) is 0 Å². The number of aliphatic hydroxyl groups excluding tert-OH is 1. The Labute approximate surface area is 219 Å². The van der Waals surface area contributed by atoms with E-state index in [1.807, 2.05) is 11.9 Å². The quantitative estimate of drug-likeness (QED) is 0.515. The summed E-state index contributed by atoms with van der Waals surface area (Å²) in [4.78, 5) is 28.5. The van der Waals surface area contributed by atoms with E-state index in [0.717, 1.165) is 62.3 Å². The van der Waals surface area contributed by atoms with Crippen LogP contribution >= 0.6 is 0 Å². The molecule has 0 bridgehead atoms.